The first kappa shape index (κ1) is 17.0. The van der Waals surface area contributed by atoms with Crippen LogP contribution in [0, 0.1) is 6.92 Å². The number of halogens is 1. The van der Waals surface area contributed by atoms with Crippen LogP contribution in [0.2, 0.25) is 0 Å². The first-order valence-corrected chi connectivity index (χ1v) is 9.30. The van der Waals surface area contributed by atoms with Crippen LogP contribution < -0.4 is 10.3 Å². The zero-order valence-corrected chi connectivity index (χ0v) is 15.9. The van der Waals surface area contributed by atoms with Crippen molar-refractivity contribution in [2.24, 2.45) is 0 Å². The number of benzene rings is 1. The van der Waals surface area contributed by atoms with Crippen molar-refractivity contribution in [2.45, 2.75) is 18.6 Å². The maximum Gasteiger partial charge on any atom is 0.266 e. The van der Waals surface area contributed by atoms with E-state index in [4.69, 9.17) is 4.74 Å². The molecule has 0 atom stereocenters. The lowest BCUT2D eigenvalue weighted by Gasteiger charge is -2.13. The molecule has 3 aromatic rings. The number of hydrogen-bond donors (Lipinski definition) is 0. The molecule has 0 saturated heterocycles. The van der Waals surface area contributed by atoms with Crippen molar-refractivity contribution < 1.29 is 4.74 Å². The van der Waals surface area contributed by atoms with Gasteiger partial charge in [0.15, 0.2) is 5.16 Å². The van der Waals surface area contributed by atoms with Crippen LogP contribution >= 0.6 is 27.7 Å². The van der Waals surface area contributed by atoms with Gasteiger partial charge in [-0.1, -0.05) is 23.9 Å². The Hall–Kier alpha value is -1.86. The first-order chi connectivity index (χ1) is 11.5. The summed E-state index contributed by atoms with van der Waals surface area (Å²) >= 11 is 4.82. The summed E-state index contributed by atoms with van der Waals surface area (Å²) in [4.78, 5) is 21.7. The van der Waals surface area contributed by atoms with Gasteiger partial charge in [-0.2, -0.15) is 0 Å². The molecule has 5 nitrogen and oxygen atoms in total. The van der Waals surface area contributed by atoms with Gasteiger partial charge < -0.3 is 4.74 Å². The number of rotatable bonds is 4. The fourth-order valence-corrected chi connectivity index (χ4v) is 3.33. The number of ether oxygens (including phenoxy) is 1. The molecule has 3 rings (SSSR count). The van der Waals surface area contributed by atoms with E-state index in [2.05, 4.69) is 25.9 Å². The van der Waals surface area contributed by atoms with E-state index in [0.29, 0.717) is 21.8 Å². The molecule has 0 aliphatic carbocycles. The molecule has 0 spiro atoms. The van der Waals surface area contributed by atoms with Gasteiger partial charge in [0.2, 0.25) is 0 Å². The van der Waals surface area contributed by atoms with Crippen LogP contribution in [0.25, 0.3) is 11.0 Å². The number of aryl methyl sites for hydroxylation is 1. The van der Waals surface area contributed by atoms with Gasteiger partial charge in [0.25, 0.3) is 5.56 Å². The maximum atomic E-state index is 12.6. The average Bonchev–Trinajstić information content (AvgIpc) is 2.60. The SMILES string of the molecule is COc1ccc(Cn2c(=O)c(Br)cc3c(C)nc(SC)nc32)cc1. The lowest BCUT2D eigenvalue weighted by Crippen LogP contribution is -2.23. The van der Waals surface area contributed by atoms with Crippen molar-refractivity contribution in [2.75, 3.05) is 13.4 Å². The van der Waals surface area contributed by atoms with Gasteiger partial charge >= 0.3 is 0 Å². The van der Waals surface area contributed by atoms with E-state index in [1.54, 1.807) is 17.7 Å². The lowest BCUT2D eigenvalue weighted by atomic mass is 10.2. The highest BCUT2D eigenvalue weighted by Gasteiger charge is 2.13. The highest BCUT2D eigenvalue weighted by atomic mass is 79.9. The van der Waals surface area contributed by atoms with Crippen molar-refractivity contribution in [3.05, 3.63) is 56.4 Å². The van der Waals surface area contributed by atoms with Gasteiger partial charge in [0.1, 0.15) is 11.4 Å². The highest BCUT2D eigenvalue weighted by Crippen LogP contribution is 2.22. The molecular formula is C17H16BrN3O2S. The molecule has 0 radical (unpaired) electrons. The van der Waals surface area contributed by atoms with Crippen molar-refractivity contribution in [1.29, 1.82) is 0 Å². The van der Waals surface area contributed by atoms with Gasteiger partial charge in [0, 0.05) is 5.39 Å². The number of pyridine rings is 1. The monoisotopic (exact) mass is 405 g/mol. The third-order valence-electron chi connectivity index (χ3n) is 3.75. The number of methoxy groups -OCH3 is 1. The molecular weight excluding hydrogens is 390 g/mol. The zero-order chi connectivity index (χ0) is 17.3. The minimum Gasteiger partial charge on any atom is -0.497 e. The fraction of sp³-hybridized carbons (Fsp3) is 0.235. The van der Waals surface area contributed by atoms with Crippen molar-refractivity contribution in [1.82, 2.24) is 14.5 Å². The predicted molar refractivity (Wildman–Crippen MR) is 100 cm³/mol. The summed E-state index contributed by atoms with van der Waals surface area (Å²) in [5.41, 5.74) is 2.40. The third-order valence-corrected chi connectivity index (χ3v) is 4.87. The molecule has 2 heterocycles. The van der Waals surface area contributed by atoms with E-state index in [1.807, 2.05) is 37.4 Å². The Morgan fingerprint density at radius 3 is 2.58 bits per heavy atom. The standard InChI is InChI=1S/C17H16BrN3O2S/c1-10-13-8-14(18)16(22)21(15(13)20-17(19-10)24-3)9-11-4-6-12(23-2)7-5-11/h4-8H,9H2,1-3H3. The summed E-state index contributed by atoms with van der Waals surface area (Å²) in [7, 11) is 1.63. The second kappa shape index (κ2) is 6.94. The van der Waals surface area contributed by atoms with E-state index in [1.165, 1.54) is 11.8 Å². The van der Waals surface area contributed by atoms with Gasteiger partial charge in [-0.3, -0.25) is 9.36 Å². The van der Waals surface area contributed by atoms with Crippen LogP contribution in [0.4, 0.5) is 0 Å². The van der Waals surface area contributed by atoms with Crippen LogP contribution in [-0.2, 0) is 6.54 Å². The average molecular weight is 406 g/mol. The van der Waals surface area contributed by atoms with Crippen LogP contribution in [-0.4, -0.2) is 27.9 Å². The molecule has 0 aliphatic heterocycles. The quantitative estimate of drug-likeness (QED) is 0.489. The van der Waals surface area contributed by atoms with Gasteiger partial charge in [-0.05, 0) is 52.9 Å². The van der Waals surface area contributed by atoms with E-state index >= 15 is 0 Å². The second-order valence-corrected chi connectivity index (χ2v) is 6.89. The Labute approximate surface area is 152 Å². The van der Waals surface area contributed by atoms with Gasteiger partial charge in [-0.25, -0.2) is 9.97 Å². The molecule has 24 heavy (non-hydrogen) atoms. The first-order valence-electron chi connectivity index (χ1n) is 7.28. The van der Waals surface area contributed by atoms with Gasteiger partial charge in [-0.15, -0.1) is 0 Å². The minimum absolute atomic E-state index is 0.108. The van der Waals surface area contributed by atoms with Crippen LogP contribution in [0.5, 0.6) is 5.75 Å². The lowest BCUT2D eigenvalue weighted by molar-refractivity contribution is 0.414. The van der Waals surface area contributed by atoms with Gasteiger partial charge in [0.05, 0.1) is 23.8 Å². The van der Waals surface area contributed by atoms with Crippen LogP contribution in [0.1, 0.15) is 11.3 Å². The zero-order valence-electron chi connectivity index (χ0n) is 13.5. The molecule has 0 saturated carbocycles. The summed E-state index contributed by atoms with van der Waals surface area (Å²) in [6, 6.07) is 9.45. The van der Waals surface area contributed by atoms with E-state index in [0.717, 1.165) is 22.4 Å². The fourth-order valence-electron chi connectivity index (χ4n) is 2.48. The molecule has 0 bridgehead atoms. The van der Waals surface area contributed by atoms with Crippen molar-refractivity contribution >= 4 is 38.7 Å². The molecule has 0 fully saturated rings. The Balaban J connectivity index is 2.19. The molecule has 0 N–H and O–H groups in total. The predicted octanol–water partition coefficient (Wildman–Crippen LogP) is 3.64. The third kappa shape index (κ3) is 3.18. The van der Waals surface area contributed by atoms with Crippen LogP contribution in [0.15, 0.2) is 44.8 Å². The molecule has 7 heteroatoms. The number of aromatic nitrogens is 3. The Kier molecular flexibility index (Phi) is 4.91. The summed E-state index contributed by atoms with van der Waals surface area (Å²) in [5, 5.41) is 1.53. The highest BCUT2D eigenvalue weighted by molar-refractivity contribution is 9.10. The Morgan fingerprint density at radius 2 is 1.96 bits per heavy atom. The summed E-state index contributed by atoms with van der Waals surface area (Å²) in [6.07, 6.45) is 1.92. The number of hydrogen-bond acceptors (Lipinski definition) is 5. The molecule has 0 unspecified atom stereocenters. The number of thioether (sulfide) groups is 1. The Morgan fingerprint density at radius 1 is 1.25 bits per heavy atom. The molecule has 0 aliphatic rings. The number of nitrogens with zero attached hydrogens (tertiary/aromatic N) is 3. The number of fused-ring (bicyclic) bond motifs is 1. The topological polar surface area (TPSA) is 57.0 Å². The molecule has 0 amide bonds. The normalized spacial score (nSPS) is 11.0. The van der Waals surface area contributed by atoms with Crippen molar-refractivity contribution in [3.63, 3.8) is 0 Å². The minimum atomic E-state index is -0.108. The molecule has 124 valence electrons. The Bertz CT molecular complexity index is 955. The molecule has 2 aromatic heterocycles. The smallest absolute Gasteiger partial charge is 0.266 e. The van der Waals surface area contributed by atoms with E-state index in [9.17, 15) is 4.79 Å². The summed E-state index contributed by atoms with van der Waals surface area (Å²) in [6.45, 7) is 2.36. The summed E-state index contributed by atoms with van der Waals surface area (Å²) in [5.74, 6) is 0.785. The maximum absolute atomic E-state index is 12.6. The second-order valence-electron chi connectivity index (χ2n) is 5.26. The molecule has 1 aromatic carbocycles. The van der Waals surface area contributed by atoms with Crippen molar-refractivity contribution in [3.8, 4) is 5.75 Å². The summed E-state index contributed by atoms with van der Waals surface area (Å²) < 4.78 is 7.36. The van der Waals surface area contributed by atoms with E-state index in [-0.39, 0.29) is 5.56 Å². The largest absolute Gasteiger partial charge is 0.497 e. The van der Waals surface area contributed by atoms with Crippen LogP contribution in [0.3, 0.4) is 0 Å². The van der Waals surface area contributed by atoms with E-state index < -0.39 is 0 Å².